The van der Waals surface area contributed by atoms with Crippen LogP contribution < -0.4 is 5.32 Å². The Morgan fingerprint density at radius 2 is 1.90 bits per heavy atom. The zero-order valence-corrected chi connectivity index (χ0v) is 13.5. The van der Waals surface area contributed by atoms with Crippen molar-refractivity contribution < 1.29 is 4.79 Å². The third kappa shape index (κ3) is 4.21. The van der Waals surface area contributed by atoms with E-state index in [9.17, 15) is 4.79 Å². The van der Waals surface area contributed by atoms with Crippen LogP contribution in [0.2, 0.25) is 0 Å². The summed E-state index contributed by atoms with van der Waals surface area (Å²) in [5.74, 6) is 0. The summed E-state index contributed by atoms with van der Waals surface area (Å²) in [5.41, 5.74) is 3.28. The number of nitrogens with zero attached hydrogens (tertiary/aromatic N) is 2. The van der Waals surface area contributed by atoms with Crippen LogP contribution in [0.25, 0.3) is 0 Å². The lowest BCUT2D eigenvalue weighted by Crippen LogP contribution is -2.50. The highest BCUT2D eigenvalue weighted by atomic mass is 16.2. The molecule has 4 nitrogen and oxygen atoms in total. The minimum atomic E-state index is 0.0267. The molecule has 0 spiro atoms. The van der Waals surface area contributed by atoms with Gasteiger partial charge in [-0.05, 0) is 44.0 Å². The molecule has 1 fully saturated rings. The Kier molecular flexibility index (Phi) is 5.62. The van der Waals surface area contributed by atoms with E-state index < -0.39 is 0 Å². The second kappa shape index (κ2) is 7.46. The van der Waals surface area contributed by atoms with E-state index in [1.54, 1.807) is 0 Å². The van der Waals surface area contributed by atoms with Crippen molar-refractivity contribution in [2.45, 2.75) is 33.6 Å². The number of rotatable bonds is 4. The molecule has 0 unspecified atom stereocenters. The number of urea groups is 1. The number of hydrogen-bond acceptors (Lipinski definition) is 2. The molecule has 1 heterocycles. The van der Waals surface area contributed by atoms with Crippen LogP contribution in [0, 0.1) is 13.8 Å². The van der Waals surface area contributed by atoms with Gasteiger partial charge in [-0.15, -0.1) is 0 Å². The van der Waals surface area contributed by atoms with Gasteiger partial charge in [-0.1, -0.05) is 25.5 Å². The second-order valence-corrected chi connectivity index (χ2v) is 5.86. The van der Waals surface area contributed by atoms with Crippen molar-refractivity contribution in [3.05, 3.63) is 29.3 Å². The average Bonchev–Trinajstić information content (AvgIpc) is 2.50. The molecule has 1 aromatic carbocycles. The van der Waals surface area contributed by atoms with Crippen LogP contribution in [-0.2, 0) is 0 Å². The summed E-state index contributed by atoms with van der Waals surface area (Å²) in [5, 5.41) is 3.05. The first-order valence-corrected chi connectivity index (χ1v) is 7.96. The zero-order chi connectivity index (χ0) is 15.2. The Labute approximate surface area is 128 Å². The van der Waals surface area contributed by atoms with Gasteiger partial charge < -0.3 is 10.2 Å². The third-order valence-electron chi connectivity index (χ3n) is 4.33. The Morgan fingerprint density at radius 1 is 1.19 bits per heavy atom. The molecule has 1 aromatic rings. The Morgan fingerprint density at radius 3 is 2.57 bits per heavy atom. The first kappa shape index (κ1) is 15.8. The number of nitrogens with one attached hydrogen (secondary N) is 1. The molecular formula is C17H27N3O. The number of amides is 2. The number of carbonyl (C=O) groups excluding carboxylic acids is 1. The van der Waals surface area contributed by atoms with Crippen LogP contribution in [0.5, 0.6) is 0 Å². The van der Waals surface area contributed by atoms with Gasteiger partial charge in [-0.25, -0.2) is 4.79 Å². The molecule has 1 aliphatic rings. The second-order valence-electron chi connectivity index (χ2n) is 5.86. The first-order chi connectivity index (χ1) is 10.1. The maximum Gasteiger partial charge on any atom is 0.321 e. The smallest absolute Gasteiger partial charge is 0.321 e. The van der Waals surface area contributed by atoms with Gasteiger partial charge in [-0.3, -0.25) is 4.90 Å². The van der Waals surface area contributed by atoms with Crippen molar-refractivity contribution in [3.63, 3.8) is 0 Å². The van der Waals surface area contributed by atoms with Gasteiger partial charge in [0.05, 0.1) is 0 Å². The highest BCUT2D eigenvalue weighted by Crippen LogP contribution is 2.18. The minimum absolute atomic E-state index is 0.0267. The van der Waals surface area contributed by atoms with E-state index in [4.69, 9.17) is 0 Å². The third-order valence-corrected chi connectivity index (χ3v) is 4.33. The topological polar surface area (TPSA) is 35.6 Å². The number of benzene rings is 1. The lowest BCUT2D eigenvalue weighted by atomic mass is 10.1. The van der Waals surface area contributed by atoms with E-state index in [0.29, 0.717) is 0 Å². The van der Waals surface area contributed by atoms with Crippen molar-refractivity contribution >= 4 is 11.7 Å². The van der Waals surface area contributed by atoms with Gasteiger partial charge in [0.15, 0.2) is 0 Å². The lowest BCUT2D eigenvalue weighted by Gasteiger charge is -2.34. The maximum atomic E-state index is 12.3. The fraction of sp³-hybridized carbons (Fsp3) is 0.588. The Balaban J connectivity index is 1.86. The first-order valence-electron chi connectivity index (χ1n) is 7.96. The highest BCUT2D eigenvalue weighted by molar-refractivity contribution is 5.90. The van der Waals surface area contributed by atoms with Crippen molar-refractivity contribution in [1.82, 2.24) is 9.80 Å². The number of piperazine rings is 1. The number of hydrogen-bond donors (Lipinski definition) is 1. The Hall–Kier alpha value is -1.55. The zero-order valence-electron chi connectivity index (χ0n) is 13.5. The molecule has 0 aromatic heterocycles. The van der Waals surface area contributed by atoms with Gasteiger partial charge in [0.2, 0.25) is 0 Å². The van der Waals surface area contributed by atoms with Crippen LogP contribution in [0.4, 0.5) is 10.5 Å². The van der Waals surface area contributed by atoms with Crippen LogP contribution in [-0.4, -0.2) is 48.6 Å². The predicted octanol–water partition coefficient (Wildman–Crippen LogP) is 3.25. The quantitative estimate of drug-likeness (QED) is 0.923. The lowest BCUT2D eigenvalue weighted by molar-refractivity contribution is 0.146. The largest absolute Gasteiger partial charge is 0.322 e. The molecular weight excluding hydrogens is 262 g/mol. The van der Waals surface area contributed by atoms with Gasteiger partial charge in [0, 0.05) is 31.9 Å². The molecule has 4 heteroatoms. The van der Waals surface area contributed by atoms with Crippen LogP contribution in [0.3, 0.4) is 0 Å². The van der Waals surface area contributed by atoms with Gasteiger partial charge in [-0.2, -0.15) is 0 Å². The molecule has 0 aliphatic carbocycles. The fourth-order valence-corrected chi connectivity index (χ4v) is 2.64. The summed E-state index contributed by atoms with van der Waals surface area (Å²) in [6.45, 7) is 11.1. The molecule has 2 rings (SSSR count). The van der Waals surface area contributed by atoms with Gasteiger partial charge >= 0.3 is 6.03 Å². The predicted molar refractivity (Wildman–Crippen MR) is 87.9 cm³/mol. The van der Waals surface area contributed by atoms with E-state index in [2.05, 4.69) is 30.1 Å². The molecule has 0 atom stereocenters. The summed E-state index contributed by atoms with van der Waals surface area (Å²) in [6, 6.07) is 6.05. The maximum absolute atomic E-state index is 12.3. The van der Waals surface area contributed by atoms with E-state index in [0.717, 1.165) is 44.0 Å². The van der Waals surface area contributed by atoms with Gasteiger partial charge in [0.25, 0.3) is 0 Å². The Bertz CT molecular complexity index is 479. The summed E-state index contributed by atoms with van der Waals surface area (Å²) < 4.78 is 0. The van der Waals surface area contributed by atoms with Crippen molar-refractivity contribution in [2.24, 2.45) is 0 Å². The van der Waals surface area contributed by atoms with Crippen molar-refractivity contribution in [1.29, 1.82) is 0 Å². The highest BCUT2D eigenvalue weighted by Gasteiger charge is 2.21. The molecule has 116 valence electrons. The number of anilines is 1. The van der Waals surface area contributed by atoms with E-state index in [1.807, 2.05) is 24.0 Å². The summed E-state index contributed by atoms with van der Waals surface area (Å²) in [7, 11) is 0. The van der Waals surface area contributed by atoms with Crippen molar-refractivity contribution in [2.75, 3.05) is 38.0 Å². The fourth-order valence-electron chi connectivity index (χ4n) is 2.64. The van der Waals surface area contributed by atoms with E-state index >= 15 is 0 Å². The monoisotopic (exact) mass is 289 g/mol. The minimum Gasteiger partial charge on any atom is -0.322 e. The molecule has 2 amide bonds. The average molecular weight is 289 g/mol. The molecule has 0 saturated carbocycles. The summed E-state index contributed by atoms with van der Waals surface area (Å²) in [4.78, 5) is 16.7. The van der Waals surface area contributed by atoms with E-state index in [-0.39, 0.29) is 6.03 Å². The molecule has 0 bridgehead atoms. The van der Waals surface area contributed by atoms with E-state index in [1.165, 1.54) is 18.4 Å². The van der Waals surface area contributed by atoms with Gasteiger partial charge in [0.1, 0.15) is 0 Å². The standard InChI is InChI=1S/C17H27N3O/c1-4-5-9-19-10-12-20(13-11-19)17(21)18-16-8-6-7-14(2)15(16)3/h6-8H,4-5,9-13H2,1-3H3,(H,18,21). The SMILES string of the molecule is CCCCN1CCN(C(=O)Nc2cccc(C)c2C)CC1. The van der Waals surface area contributed by atoms with Crippen molar-refractivity contribution in [3.8, 4) is 0 Å². The number of aryl methyl sites for hydroxylation is 1. The molecule has 21 heavy (non-hydrogen) atoms. The summed E-state index contributed by atoms with van der Waals surface area (Å²) >= 11 is 0. The van der Waals surface area contributed by atoms with Crippen LogP contribution in [0.1, 0.15) is 30.9 Å². The molecule has 0 radical (unpaired) electrons. The molecule has 1 N–H and O–H groups in total. The van der Waals surface area contributed by atoms with Crippen LogP contribution in [0.15, 0.2) is 18.2 Å². The molecule has 1 aliphatic heterocycles. The normalized spacial score (nSPS) is 16.0. The number of carbonyl (C=O) groups is 1. The molecule has 1 saturated heterocycles. The number of unbranched alkanes of at least 4 members (excludes halogenated alkanes) is 1. The van der Waals surface area contributed by atoms with Crippen LogP contribution >= 0.6 is 0 Å². The summed E-state index contributed by atoms with van der Waals surface area (Å²) in [6.07, 6.45) is 2.47.